The first-order valence-electron chi connectivity index (χ1n) is 6.77. The van der Waals surface area contributed by atoms with E-state index in [4.69, 9.17) is 10.9 Å². The fraction of sp³-hybridized carbons (Fsp3) is 0.571. The summed E-state index contributed by atoms with van der Waals surface area (Å²) in [7, 11) is 0. The SMILES string of the molecule is Cc1cc(C)c(/C(N)=N/O)c(N2CCC(C)(O)CC2)n1. The molecule has 0 unspecified atom stereocenters. The Morgan fingerprint density at radius 2 is 2.00 bits per heavy atom. The van der Waals surface area contributed by atoms with Crippen LogP contribution in [-0.2, 0) is 0 Å². The summed E-state index contributed by atoms with van der Waals surface area (Å²) in [6, 6.07) is 1.91. The second kappa shape index (κ2) is 5.28. The Bertz CT molecular complexity index is 530. The summed E-state index contributed by atoms with van der Waals surface area (Å²) in [6.45, 7) is 7.10. The number of hydrogen-bond donors (Lipinski definition) is 3. The first-order chi connectivity index (χ1) is 9.34. The van der Waals surface area contributed by atoms with Crippen LogP contribution in [0.2, 0.25) is 0 Å². The van der Waals surface area contributed by atoms with Crippen molar-refractivity contribution in [1.29, 1.82) is 0 Å². The molecule has 1 aliphatic rings. The number of oxime groups is 1. The van der Waals surface area contributed by atoms with E-state index in [0.717, 1.165) is 17.1 Å². The Labute approximate surface area is 118 Å². The minimum Gasteiger partial charge on any atom is -0.409 e. The number of anilines is 1. The number of hydrogen-bond acceptors (Lipinski definition) is 5. The van der Waals surface area contributed by atoms with Gasteiger partial charge in [-0.25, -0.2) is 4.98 Å². The first kappa shape index (κ1) is 14.6. The van der Waals surface area contributed by atoms with Gasteiger partial charge in [-0.15, -0.1) is 0 Å². The minimum absolute atomic E-state index is 0.0716. The molecule has 2 heterocycles. The monoisotopic (exact) mass is 278 g/mol. The molecular weight excluding hydrogens is 256 g/mol. The van der Waals surface area contributed by atoms with Gasteiger partial charge in [-0.1, -0.05) is 5.16 Å². The van der Waals surface area contributed by atoms with Crippen LogP contribution in [-0.4, -0.2) is 39.8 Å². The van der Waals surface area contributed by atoms with Crippen LogP contribution in [0.5, 0.6) is 0 Å². The van der Waals surface area contributed by atoms with E-state index < -0.39 is 5.60 Å². The molecule has 20 heavy (non-hydrogen) atoms. The topological polar surface area (TPSA) is 95.0 Å². The Hall–Kier alpha value is -1.82. The van der Waals surface area contributed by atoms with Crippen LogP contribution in [0.15, 0.2) is 11.2 Å². The van der Waals surface area contributed by atoms with Crippen molar-refractivity contribution in [2.75, 3.05) is 18.0 Å². The molecule has 0 saturated carbocycles. The number of pyridine rings is 1. The maximum Gasteiger partial charge on any atom is 0.174 e. The van der Waals surface area contributed by atoms with E-state index in [1.54, 1.807) is 0 Å². The van der Waals surface area contributed by atoms with Gasteiger partial charge in [0, 0.05) is 18.8 Å². The molecule has 1 aromatic heterocycles. The molecule has 6 nitrogen and oxygen atoms in total. The van der Waals surface area contributed by atoms with Gasteiger partial charge in [-0.2, -0.15) is 0 Å². The van der Waals surface area contributed by atoms with E-state index in [1.807, 2.05) is 26.8 Å². The molecule has 6 heteroatoms. The van der Waals surface area contributed by atoms with Crippen LogP contribution in [0.25, 0.3) is 0 Å². The van der Waals surface area contributed by atoms with E-state index >= 15 is 0 Å². The number of nitrogens with two attached hydrogens (primary N) is 1. The van der Waals surface area contributed by atoms with Crippen LogP contribution in [0, 0.1) is 13.8 Å². The van der Waals surface area contributed by atoms with Crippen molar-refractivity contribution < 1.29 is 10.3 Å². The fourth-order valence-corrected chi connectivity index (χ4v) is 2.61. The van der Waals surface area contributed by atoms with Crippen molar-refractivity contribution in [3.8, 4) is 0 Å². The number of nitrogens with zero attached hydrogens (tertiary/aromatic N) is 3. The largest absolute Gasteiger partial charge is 0.409 e. The highest BCUT2D eigenvalue weighted by Gasteiger charge is 2.29. The molecule has 0 spiro atoms. The lowest BCUT2D eigenvalue weighted by atomic mass is 9.93. The summed E-state index contributed by atoms with van der Waals surface area (Å²) in [6.07, 6.45) is 1.36. The quantitative estimate of drug-likeness (QED) is 0.326. The summed E-state index contributed by atoms with van der Waals surface area (Å²) >= 11 is 0. The third-order valence-corrected chi connectivity index (χ3v) is 3.83. The van der Waals surface area contributed by atoms with Gasteiger partial charge >= 0.3 is 0 Å². The molecule has 4 N–H and O–H groups in total. The number of aromatic nitrogens is 1. The van der Waals surface area contributed by atoms with Gasteiger partial charge in [0.2, 0.25) is 0 Å². The highest BCUT2D eigenvalue weighted by Crippen LogP contribution is 2.28. The van der Waals surface area contributed by atoms with Crippen molar-refractivity contribution in [2.45, 2.75) is 39.2 Å². The van der Waals surface area contributed by atoms with E-state index in [2.05, 4.69) is 15.0 Å². The zero-order valence-corrected chi connectivity index (χ0v) is 12.2. The average Bonchev–Trinajstić information content (AvgIpc) is 2.37. The standard InChI is InChI=1S/C14H22N4O2/c1-9-8-10(2)16-13(11(9)12(15)17-20)18-6-4-14(3,19)5-7-18/h8,19-20H,4-7H2,1-3H3,(H2,15,17). The molecule has 0 radical (unpaired) electrons. The summed E-state index contributed by atoms with van der Waals surface area (Å²) < 4.78 is 0. The normalized spacial score (nSPS) is 19.2. The molecule has 110 valence electrons. The summed E-state index contributed by atoms with van der Waals surface area (Å²) in [4.78, 5) is 6.64. The first-order valence-corrected chi connectivity index (χ1v) is 6.77. The molecule has 1 aliphatic heterocycles. The molecule has 0 bridgehead atoms. The Balaban J connectivity index is 2.41. The number of amidine groups is 1. The Morgan fingerprint density at radius 3 is 2.55 bits per heavy atom. The van der Waals surface area contributed by atoms with E-state index in [1.165, 1.54) is 0 Å². The molecule has 0 aliphatic carbocycles. The smallest absolute Gasteiger partial charge is 0.174 e. The summed E-state index contributed by atoms with van der Waals surface area (Å²) in [5.41, 5.74) is 7.66. The van der Waals surface area contributed by atoms with Gasteiger partial charge in [0.1, 0.15) is 5.82 Å². The predicted molar refractivity (Wildman–Crippen MR) is 78.3 cm³/mol. The third kappa shape index (κ3) is 2.85. The lowest BCUT2D eigenvalue weighted by Crippen LogP contribution is -2.43. The number of rotatable bonds is 2. The highest BCUT2D eigenvalue weighted by molar-refractivity contribution is 6.02. The maximum atomic E-state index is 10.0. The molecular formula is C14H22N4O2. The minimum atomic E-state index is -0.619. The third-order valence-electron chi connectivity index (χ3n) is 3.83. The van der Waals surface area contributed by atoms with Crippen molar-refractivity contribution in [1.82, 2.24) is 4.98 Å². The lowest BCUT2D eigenvalue weighted by molar-refractivity contribution is 0.0350. The second-order valence-corrected chi connectivity index (χ2v) is 5.75. The highest BCUT2D eigenvalue weighted by atomic mass is 16.4. The van der Waals surface area contributed by atoms with Gasteiger partial charge in [0.15, 0.2) is 5.84 Å². The number of aliphatic hydroxyl groups is 1. The van der Waals surface area contributed by atoms with Gasteiger partial charge in [-0.05, 0) is 45.2 Å². The molecule has 0 amide bonds. The zero-order valence-electron chi connectivity index (χ0n) is 12.2. The Kier molecular flexibility index (Phi) is 3.85. The second-order valence-electron chi connectivity index (χ2n) is 5.75. The van der Waals surface area contributed by atoms with Crippen molar-refractivity contribution in [2.24, 2.45) is 10.9 Å². The van der Waals surface area contributed by atoms with Crippen molar-refractivity contribution in [3.63, 3.8) is 0 Å². The predicted octanol–water partition coefficient (Wildman–Crippen LogP) is 1.14. The van der Waals surface area contributed by atoms with Gasteiger partial charge in [0.25, 0.3) is 0 Å². The van der Waals surface area contributed by atoms with Crippen molar-refractivity contribution in [3.05, 3.63) is 22.9 Å². The van der Waals surface area contributed by atoms with Crippen molar-refractivity contribution >= 4 is 11.7 Å². The van der Waals surface area contributed by atoms with Crippen LogP contribution >= 0.6 is 0 Å². The van der Waals surface area contributed by atoms with Crippen LogP contribution < -0.4 is 10.6 Å². The number of aryl methyl sites for hydroxylation is 2. The molecule has 2 rings (SSSR count). The summed E-state index contributed by atoms with van der Waals surface area (Å²) in [5.74, 6) is 0.802. The van der Waals surface area contributed by atoms with Gasteiger partial charge < -0.3 is 20.9 Å². The van der Waals surface area contributed by atoms with Gasteiger partial charge in [-0.3, -0.25) is 0 Å². The van der Waals surface area contributed by atoms with Crippen LogP contribution in [0.3, 0.4) is 0 Å². The molecule has 0 atom stereocenters. The average molecular weight is 278 g/mol. The fourth-order valence-electron chi connectivity index (χ4n) is 2.61. The van der Waals surface area contributed by atoms with Gasteiger partial charge in [0.05, 0.1) is 11.2 Å². The maximum absolute atomic E-state index is 10.0. The van der Waals surface area contributed by atoms with E-state index in [9.17, 15) is 5.11 Å². The molecule has 1 saturated heterocycles. The summed E-state index contributed by atoms with van der Waals surface area (Å²) in [5, 5.41) is 22.1. The van der Waals surface area contributed by atoms with Crippen LogP contribution in [0.1, 0.15) is 36.6 Å². The Morgan fingerprint density at radius 1 is 1.40 bits per heavy atom. The number of piperidine rings is 1. The molecule has 0 aromatic carbocycles. The molecule has 1 fully saturated rings. The molecule has 1 aromatic rings. The van der Waals surface area contributed by atoms with E-state index in [0.29, 0.717) is 31.5 Å². The zero-order chi connectivity index (χ0) is 14.9. The van der Waals surface area contributed by atoms with Crippen LogP contribution in [0.4, 0.5) is 5.82 Å². The van der Waals surface area contributed by atoms with E-state index in [-0.39, 0.29) is 5.84 Å². The lowest BCUT2D eigenvalue weighted by Gasteiger charge is -2.37.